The van der Waals surface area contributed by atoms with Gasteiger partial charge in [0, 0.05) is 4.90 Å². The van der Waals surface area contributed by atoms with Crippen molar-refractivity contribution in [1.29, 1.82) is 0 Å². The van der Waals surface area contributed by atoms with E-state index in [1.54, 1.807) is 23.2 Å². The van der Waals surface area contributed by atoms with Crippen molar-refractivity contribution in [2.75, 3.05) is 5.75 Å². The molecule has 1 aromatic carbocycles. The molecule has 2 rings (SSSR count). The lowest BCUT2D eigenvalue weighted by Crippen LogP contribution is -2.06. The van der Waals surface area contributed by atoms with Gasteiger partial charge in [-0.1, -0.05) is 23.2 Å². The molecule has 0 fully saturated rings. The molecule has 2 atom stereocenters. The normalized spacial score (nSPS) is 24.7. The summed E-state index contributed by atoms with van der Waals surface area (Å²) < 4.78 is 11.1. The fraction of sp³-hybridized carbons (Fsp3) is 0.200. The van der Waals surface area contributed by atoms with E-state index in [0.29, 0.717) is 15.8 Å². The van der Waals surface area contributed by atoms with Crippen LogP contribution in [0.1, 0.15) is 0 Å². The van der Waals surface area contributed by atoms with Gasteiger partial charge in [0.1, 0.15) is 11.2 Å². The van der Waals surface area contributed by atoms with Crippen LogP contribution < -0.4 is 0 Å². The molecule has 1 heterocycles. The number of hydrogen-bond acceptors (Lipinski definition) is 2. The second kappa shape index (κ2) is 5.02. The first kappa shape index (κ1) is 11.7. The Bertz CT molecular complexity index is 395. The molecule has 1 aliphatic heterocycles. The van der Waals surface area contributed by atoms with Gasteiger partial charge in [-0.25, -0.2) is 0 Å². The zero-order valence-electron chi connectivity index (χ0n) is 7.65. The van der Waals surface area contributed by atoms with Gasteiger partial charge in [0.15, 0.2) is 0 Å². The van der Waals surface area contributed by atoms with Crippen molar-refractivity contribution >= 4 is 46.1 Å². The van der Waals surface area contributed by atoms with Gasteiger partial charge >= 0.3 is 0 Å². The van der Waals surface area contributed by atoms with Gasteiger partial charge in [0.25, 0.3) is 0 Å². The van der Waals surface area contributed by atoms with Crippen molar-refractivity contribution in [2.24, 2.45) is 0 Å². The lowest BCUT2D eigenvalue weighted by atomic mass is 10.4. The van der Waals surface area contributed by atoms with Crippen LogP contribution in [0.15, 0.2) is 34.6 Å². The highest BCUT2D eigenvalue weighted by molar-refractivity contribution is 8.02. The van der Waals surface area contributed by atoms with Crippen molar-refractivity contribution in [2.45, 2.75) is 10.1 Å². The Hall–Kier alpha value is 0.200. The maximum atomic E-state index is 11.1. The zero-order chi connectivity index (χ0) is 10.8. The van der Waals surface area contributed by atoms with Crippen LogP contribution in [-0.4, -0.2) is 15.6 Å². The second-order valence-electron chi connectivity index (χ2n) is 3.11. The highest BCUT2D eigenvalue weighted by Crippen LogP contribution is 2.32. The molecule has 1 aliphatic rings. The minimum absolute atomic E-state index is 0.281. The summed E-state index contributed by atoms with van der Waals surface area (Å²) in [6.07, 6.45) is 1.98. The van der Waals surface area contributed by atoms with Crippen molar-refractivity contribution in [3.05, 3.63) is 39.7 Å². The van der Waals surface area contributed by atoms with E-state index >= 15 is 0 Å². The van der Waals surface area contributed by atoms with Crippen LogP contribution in [-0.2, 0) is 11.2 Å². The fourth-order valence-corrected chi connectivity index (χ4v) is 4.13. The second-order valence-corrected chi connectivity index (χ2v) is 6.60. The van der Waals surface area contributed by atoms with Crippen molar-refractivity contribution in [3.8, 4) is 0 Å². The SMILES string of the molecule is [O-][S+]1C=CC(Sc2ccc(Cl)c(Cl)c2)C1. The van der Waals surface area contributed by atoms with Gasteiger partial charge in [0.05, 0.1) is 15.3 Å². The molecule has 0 saturated carbocycles. The minimum Gasteiger partial charge on any atom is -0.612 e. The lowest BCUT2D eigenvalue weighted by molar-refractivity contribution is 0.605. The van der Waals surface area contributed by atoms with Gasteiger partial charge in [-0.2, -0.15) is 0 Å². The molecule has 0 aliphatic carbocycles. The van der Waals surface area contributed by atoms with E-state index in [-0.39, 0.29) is 5.25 Å². The summed E-state index contributed by atoms with van der Waals surface area (Å²) in [6, 6.07) is 5.54. The van der Waals surface area contributed by atoms with E-state index < -0.39 is 11.2 Å². The third-order valence-electron chi connectivity index (χ3n) is 1.95. The molecule has 1 nitrogen and oxygen atoms in total. The molecule has 80 valence electrons. The average molecular weight is 279 g/mol. The van der Waals surface area contributed by atoms with Crippen molar-refractivity contribution in [1.82, 2.24) is 0 Å². The number of halogens is 2. The Morgan fingerprint density at radius 1 is 1.33 bits per heavy atom. The van der Waals surface area contributed by atoms with Gasteiger partial charge in [0.2, 0.25) is 0 Å². The quantitative estimate of drug-likeness (QED) is 0.770. The molecule has 15 heavy (non-hydrogen) atoms. The Balaban J connectivity index is 2.05. The molecule has 0 bridgehead atoms. The predicted molar refractivity (Wildman–Crippen MR) is 68.3 cm³/mol. The highest BCUT2D eigenvalue weighted by Gasteiger charge is 2.21. The number of rotatable bonds is 2. The van der Waals surface area contributed by atoms with Crippen LogP contribution >= 0.6 is 35.0 Å². The fourth-order valence-electron chi connectivity index (χ4n) is 1.25. The predicted octanol–water partition coefficient (Wildman–Crippen LogP) is 3.73. The molecule has 0 aromatic heterocycles. The molecule has 0 N–H and O–H groups in total. The van der Waals surface area contributed by atoms with Crippen molar-refractivity contribution in [3.63, 3.8) is 0 Å². The maximum Gasteiger partial charge on any atom is 0.126 e. The summed E-state index contributed by atoms with van der Waals surface area (Å²) >= 11 is 12.6. The minimum atomic E-state index is -0.797. The van der Waals surface area contributed by atoms with Crippen LogP contribution in [0.5, 0.6) is 0 Å². The molecule has 0 saturated heterocycles. The Kier molecular flexibility index (Phi) is 3.91. The van der Waals surface area contributed by atoms with Crippen LogP contribution in [0, 0.1) is 0 Å². The number of thioether (sulfide) groups is 1. The third kappa shape index (κ3) is 3.08. The molecule has 1 aromatic rings. The molecular weight excluding hydrogens is 271 g/mol. The first-order chi connectivity index (χ1) is 7.15. The van der Waals surface area contributed by atoms with E-state index in [9.17, 15) is 4.55 Å². The molecule has 0 radical (unpaired) electrons. The average Bonchev–Trinajstić information content (AvgIpc) is 2.58. The summed E-state index contributed by atoms with van der Waals surface area (Å²) in [4.78, 5) is 1.05. The van der Waals surface area contributed by atoms with Crippen molar-refractivity contribution < 1.29 is 4.55 Å². The summed E-state index contributed by atoms with van der Waals surface area (Å²) in [6.45, 7) is 0. The van der Waals surface area contributed by atoms with Gasteiger partial charge in [-0.05, 0) is 35.5 Å². The van der Waals surface area contributed by atoms with E-state index in [0.717, 1.165) is 4.90 Å². The topological polar surface area (TPSA) is 23.1 Å². The van der Waals surface area contributed by atoms with Crippen LogP contribution in [0.2, 0.25) is 10.0 Å². The molecule has 2 unspecified atom stereocenters. The van der Waals surface area contributed by atoms with E-state index in [1.165, 1.54) is 0 Å². The Morgan fingerprint density at radius 3 is 2.73 bits per heavy atom. The standard InChI is InChI=1S/C10H8Cl2OS2/c11-9-2-1-7(5-10(9)12)14-8-3-4-15(13)6-8/h1-5,8H,6H2. The highest BCUT2D eigenvalue weighted by atomic mass is 35.5. The molecular formula is C10H8Cl2OS2. The van der Waals surface area contributed by atoms with E-state index in [2.05, 4.69) is 0 Å². The first-order valence-corrected chi connectivity index (χ1v) is 7.34. The number of benzene rings is 1. The first-order valence-electron chi connectivity index (χ1n) is 4.32. The molecule has 0 spiro atoms. The van der Waals surface area contributed by atoms with Crippen LogP contribution in [0.4, 0.5) is 0 Å². The summed E-state index contributed by atoms with van der Waals surface area (Å²) in [7, 11) is 0. The largest absolute Gasteiger partial charge is 0.612 e. The van der Waals surface area contributed by atoms with Gasteiger partial charge in [-0.15, -0.1) is 11.8 Å². The van der Waals surface area contributed by atoms with Crippen LogP contribution in [0.3, 0.4) is 0 Å². The molecule has 5 heteroatoms. The third-order valence-corrected chi connectivity index (χ3v) is 5.20. The van der Waals surface area contributed by atoms with Crippen LogP contribution in [0.25, 0.3) is 0 Å². The van der Waals surface area contributed by atoms with Gasteiger partial charge < -0.3 is 4.55 Å². The summed E-state index contributed by atoms with van der Waals surface area (Å²) in [5.74, 6) is 0.685. The Labute approximate surface area is 106 Å². The summed E-state index contributed by atoms with van der Waals surface area (Å²) in [5, 5.41) is 3.15. The smallest absolute Gasteiger partial charge is 0.126 e. The number of hydrogen-bond donors (Lipinski definition) is 0. The maximum absolute atomic E-state index is 11.1. The van der Waals surface area contributed by atoms with E-state index in [1.807, 2.05) is 18.2 Å². The molecule has 0 amide bonds. The Morgan fingerprint density at radius 2 is 2.13 bits per heavy atom. The monoisotopic (exact) mass is 278 g/mol. The zero-order valence-corrected chi connectivity index (χ0v) is 10.8. The summed E-state index contributed by atoms with van der Waals surface area (Å²) in [5.41, 5.74) is 0. The van der Waals surface area contributed by atoms with E-state index in [4.69, 9.17) is 23.2 Å². The van der Waals surface area contributed by atoms with Gasteiger partial charge in [-0.3, -0.25) is 0 Å². The lowest BCUT2D eigenvalue weighted by Gasteiger charge is -2.07.